The van der Waals surface area contributed by atoms with Crippen LogP contribution in [0.15, 0.2) is 58.7 Å². The zero-order valence-corrected chi connectivity index (χ0v) is 21.7. The van der Waals surface area contributed by atoms with Gasteiger partial charge in [-0.25, -0.2) is 8.78 Å². The smallest absolute Gasteiger partial charge is 0.250 e. The van der Waals surface area contributed by atoms with Crippen molar-refractivity contribution in [2.24, 2.45) is 12.2 Å². The van der Waals surface area contributed by atoms with E-state index in [1.807, 2.05) is 12.3 Å². The van der Waals surface area contributed by atoms with E-state index in [0.717, 1.165) is 54.8 Å². The Hall–Kier alpha value is -3.47. The van der Waals surface area contributed by atoms with Crippen molar-refractivity contribution in [1.82, 2.24) is 14.5 Å². The van der Waals surface area contributed by atoms with Gasteiger partial charge < -0.3 is 19.2 Å². The quantitative estimate of drug-likeness (QED) is 0.368. The summed E-state index contributed by atoms with van der Waals surface area (Å²) < 4.78 is 35.3. The fourth-order valence-corrected chi connectivity index (χ4v) is 5.32. The molecule has 1 saturated heterocycles. The third-order valence-corrected chi connectivity index (χ3v) is 7.95. The summed E-state index contributed by atoms with van der Waals surface area (Å²) in [6, 6.07) is 8.95. The Kier molecular flexibility index (Phi) is 6.57. The van der Waals surface area contributed by atoms with Gasteiger partial charge in [0.15, 0.2) is 11.6 Å². The van der Waals surface area contributed by atoms with Crippen molar-refractivity contribution in [3.05, 3.63) is 98.7 Å². The van der Waals surface area contributed by atoms with Crippen molar-refractivity contribution in [3.63, 3.8) is 0 Å². The maximum Gasteiger partial charge on any atom is 0.250 e. The molecule has 4 heterocycles. The Morgan fingerprint density at radius 2 is 1.92 bits per heavy atom. The highest BCUT2D eigenvalue weighted by Crippen LogP contribution is 2.43. The summed E-state index contributed by atoms with van der Waals surface area (Å²) >= 11 is 0. The fraction of sp³-hybridized carbons (Fsp3) is 0.414. The molecule has 1 spiro atoms. The number of hydrogen-bond acceptors (Lipinski definition) is 7. The van der Waals surface area contributed by atoms with Gasteiger partial charge in [0.05, 0.1) is 17.9 Å². The molecule has 2 aromatic heterocycles. The van der Waals surface area contributed by atoms with Crippen molar-refractivity contribution >= 4 is 5.71 Å². The second-order valence-corrected chi connectivity index (χ2v) is 10.8. The highest BCUT2D eigenvalue weighted by atomic mass is 19.2. The van der Waals surface area contributed by atoms with E-state index in [9.17, 15) is 18.7 Å². The van der Waals surface area contributed by atoms with E-state index >= 15 is 0 Å². The van der Waals surface area contributed by atoms with Crippen LogP contribution >= 0.6 is 0 Å². The Morgan fingerprint density at radius 1 is 1.13 bits per heavy atom. The lowest BCUT2D eigenvalue weighted by atomic mass is 9.84. The van der Waals surface area contributed by atoms with Gasteiger partial charge in [0.25, 0.3) is 5.56 Å². The number of halogens is 2. The van der Waals surface area contributed by atoms with Gasteiger partial charge >= 0.3 is 0 Å². The number of pyridine rings is 2. The number of aryl methyl sites for hydroxylation is 1. The molecule has 0 bridgehead atoms. The normalized spacial score (nSPS) is 19.7. The van der Waals surface area contributed by atoms with Crippen molar-refractivity contribution in [1.29, 1.82) is 0 Å². The molecule has 2 fully saturated rings. The molecular formula is C29H30F2N4O4. The molecule has 0 amide bonds. The lowest BCUT2D eigenvalue weighted by Crippen LogP contribution is -2.42. The highest BCUT2D eigenvalue weighted by Gasteiger charge is 2.43. The van der Waals surface area contributed by atoms with Gasteiger partial charge in [-0.1, -0.05) is 11.2 Å². The maximum absolute atomic E-state index is 14.0. The third kappa shape index (κ3) is 5.24. The van der Waals surface area contributed by atoms with Crippen LogP contribution in [0, 0.1) is 11.6 Å². The lowest BCUT2D eigenvalue weighted by Gasteiger charge is -2.39. The summed E-state index contributed by atoms with van der Waals surface area (Å²) in [7, 11) is 1.76. The summed E-state index contributed by atoms with van der Waals surface area (Å²) in [5.74, 6) is -1.94. The van der Waals surface area contributed by atoms with Crippen LogP contribution in [-0.4, -0.2) is 50.6 Å². The summed E-state index contributed by atoms with van der Waals surface area (Å²) in [6.07, 6.45) is 6.51. The number of ether oxygens (including phenoxy) is 1. The summed E-state index contributed by atoms with van der Waals surface area (Å²) in [5.41, 5.74) is 2.84. The van der Waals surface area contributed by atoms with Gasteiger partial charge in [-0.15, -0.1) is 0 Å². The fourth-order valence-electron chi connectivity index (χ4n) is 5.32. The molecular weight excluding hydrogens is 506 g/mol. The first kappa shape index (κ1) is 25.8. The number of aliphatic hydroxyl groups is 1. The zero-order chi connectivity index (χ0) is 27.2. The molecule has 204 valence electrons. The molecule has 1 aliphatic carbocycles. The number of benzene rings is 1. The molecule has 39 heavy (non-hydrogen) atoms. The summed E-state index contributed by atoms with van der Waals surface area (Å²) in [5, 5.41) is 14.2. The highest BCUT2D eigenvalue weighted by molar-refractivity contribution is 6.11. The predicted octanol–water partition coefficient (Wildman–Crippen LogP) is 3.37. The Bertz CT molecular complexity index is 1480. The van der Waals surface area contributed by atoms with E-state index in [2.05, 4.69) is 15.0 Å². The molecule has 8 nitrogen and oxygen atoms in total. The molecule has 0 unspecified atom stereocenters. The average molecular weight is 537 g/mol. The van der Waals surface area contributed by atoms with Gasteiger partial charge in [-0.05, 0) is 61.1 Å². The van der Waals surface area contributed by atoms with E-state index in [4.69, 9.17) is 9.57 Å². The number of hydrogen-bond donors (Lipinski definition) is 1. The van der Waals surface area contributed by atoms with Crippen molar-refractivity contribution in [3.8, 4) is 0 Å². The van der Waals surface area contributed by atoms with E-state index in [1.54, 1.807) is 29.9 Å². The molecule has 3 aliphatic rings. The van der Waals surface area contributed by atoms with Crippen LogP contribution in [0.3, 0.4) is 0 Å². The van der Waals surface area contributed by atoms with E-state index in [1.165, 1.54) is 6.07 Å². The van der Waals surface area contributed by atoms with Gasteiger partial charge in [-0.3, -0.25) is 14.7 Å². The number of piperidine rings is 1. The van der Waals surface area contributed by atoms with Crippen LogP contribution in [0.2, 0.25) is 0 Å². The summed E-state index contributed by atoms with van der Waals surface area (Å²) in [6.45, 7) is 2.87. The molecule has 1 aromatic carbocycles. The molecule has 3 aromatic rings. The number of nitrogens with zero attached hydrogens (tertiary/aromatic N) is 4. The molecule has 1 saturated carbocycles. The lowest BCUT2D eigenvalue weighted by molar-refractivity contribution is -0.0799. The maximum atomic E-state index is 14.0. The largest absolute Gasteiger partial charge is 0.392 e. The first-order valence-electron chi connectivity index (χ1n) is 13.1. The Morgan fingerprint density at radius 3 is 2.62 bits per heavy atom. The molecule has 1 N–H and O–H groups in total. The van der Waals surface area contributed by atoms with Gasteiger partial charge in [-0.2, -0.15) is 0 Å². The van der Waals surface area contributed by atoms with Crippen LogP contribution in [0.1, 0.15) is 53.6 Å². The predicted molar refractivity (Wildman–Crippen MR) is 139 cm³/mol. The number of rotatable bonds is 7. The summed E-state index contributed by atoms with van der Waals surface area (Å²) in [4.78, 5) is 24.5. The van der Waals surface area contributed by atoms with Gasteiger partial charge in [0, 0.05) is 56.3 Å². The first-order valence-corrected chi connectivity index (χ1v) is 13.1. The minimum absolute atomic E-state index is 0.0210. The number of oxime groups is 1. The number of fused-ring (bicyclic) bond motifs is 2. The Labute approximate surface area is 224 Å². The van der Waals surface area contributed by atoms with Crippen LogP contribution in [0.25, 0.3) is 0 Å². The second kappa shape index (κ2) is 9.93. The van der Waals surface area contributed by atoms with Crippen LogP contribution in [-0.2, 0) is 35.4 Å². The van der Waals surface area contributed by atoms with Crippen molar-refractivity contribution < 1.29 is 23.5 Å². The van der Waals surface area contributed by atoms with Crippen LogP contribution < -0.4 is 5.56 Å². The number of aromatic nitrogens is 2. The minimum atomic E-state index is -0.991. The van der Waals surface area contributed by atoms with Crippen molar-refractivity contribution in [2.75, 3.05) is 19.7 Å². The molecule has 0 atom stereocenters. The van der Waals surface area contributed by atoms with Crippen LogP contribution in [0.5, 0.6) is 0 Å². The van der Waals surface area contributed by atoms with E-state index < -0.39 is 22.8 Å². The molecule has 10 heteroatoms. The Balaban J connectivity index is 1.14. The average Bonchev–Trinajstić information content (AvgIpc) is 3.58. The van der Waals surface area contributed by atoms with Crippen molar-refractivity contribution in [2.45, 2.75) is 50.0 Å². The first-order chi connectivity index (χ1) is 18.7. The topological polar surface area (TPSA) is 89.2 Å². The molecule has 2 aliphatic heterocycles. The van der Waals surface area contributed by atoms with Crippen LogP contribution in [0.4, 0.5) is 8.78 Å². The number of likely N-dealkylation sites (tertiary alicyclic amines) is 1. The van der Waals surface area contributed by atoms with E-state index in [0.29, 0.717) is 37.3 Å². The minimum Gasteiger partial charge on any atom is -0.392 e. The van der Waals surface area contributed by atoms with Gasteiger partial charge in [0.1, 0.15) is 17.9 Å². The van der Waals surface area contributed by atoms with E-state index in [-0.39, 0.29) is 17.9 Å². The second-order valence-electron chi connectivity index (χ2n) is 10.8. The molecule has 6 rings (SSSR count). The zero-order valence-electron chi connectivity index (χ0n) is 21.7. The monoisotopic (exact) mass is 536 g/mol. The van der Waals surface area contributed by atoms with Gasteiger partial charge in [0.2, 0.25) is 0 Å². The third-order valence-electron chi connectivity index (χ3n) is 7.95. The SMILES string of the molecule is Cn1cc2c(cc1=O)C1(CCN(Cc3ccc(/C(=N\OCC4(O)CC4)c4ccc(F)c(F)c4)nc3)CC1)OC2. The standard InChI is InChI=1S/C29H30F2N4O4/c1-34-16-21-17-38-29(22(21)13-26(34)36)8-10-35(11-9-29)15-19-2-5-25(32-14-19)27(33-39-18-28(37)6-7-28)20-3-4-23(30)24(31)12-20/h2-5,12-14,16,37H,6-11,15,17-18H2,1H3/b33-27-. The molecule has 0 radical (unpaired) electrons.